The van der Waals surface area contributed by atoms with Gasteiger partial charge in [-0.15, -0.1) is 0 Å². The Morgan fingerprint density at radius 3 is 3.20 bits per heavy atom. The van der Waals surface area contributed by atoms with Gasteiger partial charge in [0.1, 0.15) is 0 Å². The monoisotopic (exact) mass is 209 g/mol. The second kappa shape index (κ2) is 4.44. The van der Waals surface area contributed by atoms with Gasteiger partial charge in [-0.05, 0) is 26.3 Å². The molecule has 0 spiro atoms. The molecule has 0 bridgehead atoms. The van der Waals surface area contributed by atoms with Gasteiger partial charge < -0.3 is 15.2 Å². The highest BCUT2D eigenvalue weighted by Crippen LogP contribution is 2.07. The molecule has 1 aromatic heterocycles. The Balaban J connectivity index is 1.94. The normalized spacial score (nSPS) is 21.3. The molecule has 0 saturated carbocycles. The third-order valence-corrected chi connectivity index (χ3v) is 2.59. The first-order valence-electron chi connectivity index (χ1n) is 5.20. The second-order valence-electron chi connectivity index (χ2n) is 3.85. The maximum atomic E-state index is 11.7. The molecule has 5 nitrogen and oxygen atoms in total. The molecule has 1 fully saturated rings. The number of rotatable bonds is 2. The first-order valence-corrected chi connectivity index (χ1v) is 5.20. The predicted molar refractivity (Wildman–Crippen MR) is 54.6 cm³/mol. The highest BCUT2D eigenvalue weighted by molar-refractivity contribution is 5.92. The van der Waals surface area contributed by atoms with Crippen LogP contribution >= 0.6 is 0 Å². The molecule has 0 unspecified atom stereocenters. The fourth-order valence-corrected chi connectivity index (χ4v) is 1.74. The molecular formula is C10H15N3O2. The zero-order chi connectivity index (χ0) is 10.7. The van der Waals surface area contributed by atoms with E-state index in [9.17, 15) is 4.79 Å². The SMILES string of the molecule is Cc1cnoc1C(=O)N[C@@H]1CCCNC1. The highest BCUT2D eigenvalue weighted by Gasteiger charge is 2.19. The van der Waals surface area contributed by atoms with Crippen molar-refractivity contribution < 1.29 is 9.32 Å². The van der Waals surface area contributed by atoms with E-state index in [0.717, 1.165) is 31.5 Å². The van der Waals surface area contributed by atoms with E-state index >= 15 is 0 Å². The van der Waals surface area contributed by atoms with E-state index in [-0.39, 0.29) is 11.9 Å². The van der Waals surface area contributed by atoms with E-state index in [1.54, 1.807) is 6.20 Å². The van der Waals surface area contributed by atoms with Crippen LogP contribution in [0.15, 0.2) is 10.7 Å². The Morgan fingerprint density at radius 2 is 2.60 bits per heavy atom. The maximum Gasteiger partial charge on any atom is 0.290 e. The summed E-state index contributed by atoms with van der Waals surface area (Å²) in [4.78, 5) is 11.7. The van der Waals surface area contributed by atoms with Gasteiger partial charge in [-0.3, -0.25) is 4.79 Å². The molecule has 2 rings (SSSR count). The van der Waals surface area contributed by atoms with Crippen LogP contribution in [0.5, 0.6) is 0 Å². The van der Waals surface area contributed by atoms with Crippen LogP contribution in [0.3, 0.4) is 0 Å². The van der Waals surface area contributed by atoms with Crippen molar-refractivity contribution in [2.75, 3.05) is 13.1 Å². The van der Waals surface area contributed by atoms with E-state index < -0.39 is 0 Å². The number of carbonyl (C=O) groups is 1. The fourth-order valence-electron chi connectivity index (χ4n) is 1.74. The molecule has 1 aliphatic rings. The van der Waals surface area contributed by atoms with Gasteiger partial charge >= 0.3 is 0 Å². The molecule has 1 saturated heterocycles. The number of amides is 1. The number of aromatic nitrogens is 1. The summed E-state index contributed by atoms with van der Waals surface area (Å²) in [6, 6.07) is 0.204. The Morgan fingerprint density at radius 1 is 1.73 bits per heavy atom. The van der Waals surface area contributed by atoms with E-state index in [2.05, 4.69) is 15.8 Å². The van der Waals surface area contributed by atoms with Gasteiger partial charge in [0.15, 0.2) is 0 Å². The summed E-state index contributed by atoms with van der Waals surface area (Å²) in [5, 5.41) is 9.75. The van der Waals surface area contributed by atoms with E-state index in [1.807, 2.05) is 6.92 Å². The summed E-state index contributed by atoms with van der Waals surface area (Å²) in [7, 11) is 0. The smallest absolute Gasteiger partial charge is 0.290 e. The number of aryl methyl sites for hydroxylation is 1. The zero-order valence-electron chi connectivity index (χ0n) is 8.75. The van der Waals surface area contributed by atoms with Crippen molar-refractivity contribution in [3.05, 3.63) is 17.5 Å². The van der Waals surface area contributed by atoms with Gasteiger partial charge in [0.25, 0.3) is 5.91 Å². The predicted octanol–water partition coefficient (Wildman–Crippen LogP) is 0.465. The van der Waals surface area contributed by atoms with E-state index in [4.69, 9.17) is 4.52 Å². The first-order chi connectivity index (χ1) is 7.27. The zero-order valence-corrected chi connectivity index (χ0v) is 8.75. The van der Waals surface area contributed by atoms with Crippen molar-refractivity contribution >= 4 is 5.91 Å². The summed E-state index contributed by atoms with van der Waals surface area (Å²) in [6.07, 6.45) is 3.67. The van der Waals surface area contributed by atoms with Crippen LogP contribution < -0.4 is 10.6 Å². The number of piperidine rings is 1. The minimum absolute atomic E-state index is 0.168. The van der Waals surface area contributed by atoms with Crippen LogP contribution in [-0.4, -0.2) is 30.2 Å². The van der Waals surface area contributed by atoms with Gasteiger partial charge in [-0.1, -0.05) is 5.16 Å². The molecule has 0 radical (unpaired) electrons. The lowest BCUT2D eigenvalue weighted by molar-refractivity contribution is 0.0892. The summed E-state index contributed by atoms with van der Waals surface area (Å²) >= 11 is 0. The lowest BCUT2D eigenvalue weighted by Crippen LogP contribution is -2.45. The number of nitrogens with one attached hydrogen (secondary N) is 2. The molecule has 2 N–H and O–H groups in total. The van der Waals surface area contributed by atoms with Crippen molar-refractivity contribution in [2.24, 2.45) is 0 Å². The van der Waals surface area contributed by atoms with Gasteiger partial charge in [-0.2, -0.15) is 0 Å². The van der Waals surface area contributed by atoms with Crippen molar-refractivity contribution in [2.45, 2.75) is 25.8 Å². The van der Waals surface area contributed by atoms with Crippen molar-refractivity contribution in [1.29, 1.82) is 0 Å². The van der Waals surface area contributed by atoms with Crippen LogP contribution in [0.25, 0.3) is 0 Å². The minimum Gasteiger partial charge on any atom is -0.351 e. The molecule has 1 amide bonds. The van der Waals surface area contributed by atoms with Gasteiger partial charge in [0, 0.05) is 18.2 Å². The second-order valence-corrected chi connectivity index (χ2v) is 3.85. The summed E-state index contributed by atoms with van der Waals surface area (Å²) in [6.45, 7) is 3.68. The molecule has 82 valence electrons. The lowest BCUT2D eigenvalue weighted by Gasteiger charge is -2.23. The first kappa shape index (κ1) is 10.2. The van der Waals surface area contributed by atoms with Gasteiger partial charge in [-0.25, -0.2) is 0 Å². The molecule has 0 aromatic carbocycles. The maximum absolute atomic E-state index is 11.7. The largest absolute Gasteiger partial charge is 0.351 e. The minimum atomic E-state index is -0.168. The molecule has 1 aliphatic heterocycles. The number of nitrogens with zero attached hydrogens (tertiary/aromatic N) is 1. The average molecular weight is 209 g/mol. The van der Waals surface area contributed by atoms with E-state index in [1.165, 1.54) is 0 Å². The Labute approximate surface area is 88.2 Å². The quantitative estimate of drug-likeness (QED) is 0.742. The lowest BCUT2D eigenvalue weighted by atomic mass is 10.1. The van der Waals surface area contributed by atoms with Gasteiger partial charge in [0.2, 0.25) is 5.76 Å². The number of hydrogen-bond donors (Lipinski definition) is 2. The van der Waals surface area contributed by atoms with Crippen molar-refractivity contribution in [1.82, 2.24) is 15.8 Å². The standard InChI is InChI=1S/C10H15N3O2/c1-7-5-12-15-9(7)10(14)13-8-3-2-4-11-6-8/h5,8,11H,2-4,6H2,1H3,(H,13,14)/t8-/m1/s1. The van der Waals surface area contributed by atoms with Crippen LogP contribution in [-0.2, 0) is 0 Å². The van der Waals surface area contributed by atoms with Crippen LogP contribution in [0.1, 0.15) is 29.0 Å². The summed E-state index contributed by atoms with van der Waals surface area (Å²) < 4.78 is 4.89. The molecule has 1 atom stereocenters. The Bertz CT molecular complexity index is 342. The molecule has 15 heavy (non-hydrogen) atoms. The van der Waals surface area contributed by atoms with Crippen molar-refractivity contribution in [3.8, 4) is 0 Å². The topological polar surface area (TPSA) is 67.2 Å². The number of carbonyl (C=O) groups excluding carboxylic acids is 1. The highest BCUT2D eigenvalue weighted by atomic mass is 16.5. The molecule has 2 heterocycles. The Kier molecular flexibility index (Phi) is 3.01. The summed E-state index contributed by atoms with van der Waals surface area (Å²) in [5.74, 6) is 0.152. The Hall–Kier alpha value is -1.36. The third-order valence-electron chi connectivity index (χ3n) is 2.59. The van der Waals surface area contributed by atoms with Gasteiger partial charge in [0.05, 0.1) is 6.20 Å². The molecule has 0 aliphatic carbocycles. The van der Waals surface area contributed by atoms with Crippen LogP contribution in [0, 0.1) is 6.92 Å². The average Bonchev–Trinajstić information content (AvgIpc) is 2.66. The number of hydrogen-bond acceptors (Lipinski definition) is 4. The van der Waals surface area contributed by atoms with Crippen LogP contribution in [0.4, 0.5) is 0 Å². The van der Waals surface area contributed by atoms with Crippen LogP contribution in [0.2, 0.25) is 0 Å². The summed E-state index contributed by atoms with van der Waals surface area (Å²) in [5.41, 5.74) is 0.774. The third kappa shape index (κ3) is 2.36. The molecule has 5 heteroatoms. The van der Waals surface area contributed by atoms with E-state index in [0.29, 0.717) is 5.76 Å². The fraction of sp³-hybridized carbons (Fsp3) is 0.600. The molecule has 1 aromatic rings. The van der Waals surface area contributed by atoms with Crippen molar-refractivity contribution in [3.63, 3.8) is 0 Å². The molecular weight excluding hydrogens is 194 g/mol.